The number of carbonyl (C=O) groups excluding carboxylic acids is 3. The minimum Gasteiger partial charge on any atom is -0.442 e. The van der Waals surface area contributed by atoms with Crippen LogP contribution in [0.1, 0.15) is 30.7 Å². The van der Waals surface area contributed by atoms with Crippen LogP contribution < -0.4 is 9.80 Å². The number of benzene rings is 2. The van der Waals surface area contributed by atoms with Crippen molar-refractivity contribution in [3.05, 3.63) is 77.4 Å². The van der Waals surface area contributed by atoms with Gasteiger partial charge in [-0.1, -0.05) is 30.3 Å². The van der Waals surface area contributed by atoms with E-state index in [9.17, 15) is 18.9 Å². The molecule has 1 fully saturated rings. The van der Waals surface area contributed by atoms with Crippen molar-refractivity contribution < 1.29 is 46.8 Å². The topological polar surface area (TPSA) is 142 Å². The number of hydrogen-bond donors (Lipinski definition) is 0. The highest BCUT2D eigenvalue weighted by Gasteiger charge is 2.44. The molecule has 3 heterocycles. The molecule has 14 nitrogen and oxygen atoms in total. The third kappa shape index (κ3) is 7.28. The molecule has 238 valence electrons. The summed E-state index contributed by atoms with van der Waals surface area (Å²) < 4.78 is 55.0. The molecule has 1 saturated heterocycles. The van der Waals surface area contributed by atoms with Gasteiger partial charge in [-0.05, 0) is 30.7 Å². The number of aryl methyl sites for hydroxylation is 1. The lowest BCUT2D eigenvalue weighted by Crippen LogP contribution is -2.49. The van der Waals surface area contributed by atoms with E-state index < -0.39 is 51.4 Å². The predicted octanol–water partition coefficient (Wildman–Crippen LogP) is 4.48. The Kier molecular flexibility index (Phi) is 9.73. The van der Waals surface area contributed by atoms with E-state index in [1.165, 1.54) is 11.0 Å². The zero-order valence-electron chi connectivity index (χ0n) is 24.8. The summed E-state index contributed by atoms with van der Waals surface area (Å²) in [4.78, 5) is 42.2. The van der Waals surface area contributed by atoms with Crippen LogP contribution >= 0.6 is 8.69 Å². The van der Waals surface area contributed by atoms with Gasteiger partial charge < -0.3 is 14.4 Å². The van der Waals surface area contributed by atoms with Crippen molar-refractivity contribution in [2.75, 3.05) is 29.5 Å². The van der Waals surface area contributed by atoms with Gasteiger partial charge in [-0.25, -0.2) is 23.4 Å². The molecular weight excluding hydrogens is 612 g/mol. The standard InChI is InChI=1S/C29H31FN5O9P/c1-4-40-29(44-45-39,41-18-20-8-6-5-7-9-20)43-28(38)34(19(2)36)15-23-16-35(27(37)42-23)22-10-11-26(24(30)12-22)33-14-21-13-32(3)31-25(21)17-33/h5-13,23H,4,14-18H2,1-3H3. The van der Waals surface area contributed by atoms with Crippen LogP contribution in [0.5, 0.6) is 0 Å². The zero-order valence-corrected chi connectivity index (χ0v) is 25.6. The first-order chi connectivity index (χ1) is 21.6. The van der Waals surface area contributed by atoms with Gasteiger partial charge in [0.25, 0.3) is 0 Å². The van der Waals surface area contributed by atoms with Crippen LogP contribution in [-0.2, 0) is 59.6 Å². The van der Waals surface area contributed by atoms with Gasteiger partial charge in [0.05, 0.1) is 49.9 Å². The van der Waals surface area contributed by atoms with Gasteiger partial charge in [-0.3, -0.25) is 23.8 Å². The fourth-order valence-electron chi connectivity index (χ4n) is 5.05. The fourth-order valence-corrected chi connectivity index (χ4v) is 5.28. The zero-order chi connectivity index (χ0) is 32.1. The van der Waals surface area contributed by atoms with Gasteiger partial charge in [0, 0.05) is 32.3 Å². The van der Waals surface area contributed by atoms with Crippen molar-refractivity contribution in [2.45, 2.75) is 45.8 Å². The minimum atomic E-state index is -2.55. The van der Waals surface area contributed by atoms with Gasteiger partial charge in [0.1, 0.15) is 11.9 Å². The molecule has 2 atom stereocenters. The van der Waals surface area contributed by atoms with E-state index in [0.29, 0.717) is 29.2 Å². The number of hydrogen-bond acceptors (Lipinski definition) is 11. The van der Waals surface area contributed by atoms with Crippen LogP contribution in [0.3, 0.4) is 0 Å². The van der Waals surface area contributed by atoms with Crippen molar-refractivity contribution in [2.24, 2.45) is 7.05 Å². The minimum absolute atomic E-state index is 0.0794. The predicted molar refractivity (Wildman–Crippen MR) is 155 cm³/mol. The highest BCUT2D eigenvalue weighted by atomic mass is 31.1. The van der Waals surface area contributed by atoms with Gasteiger partial charge >= 0.3 is 27.0 Å². The quantitative estimate of drug-likeness (QED) is 0.204. The average molecular weight is 644 g/mol. The van der Waals surface area contributed by atoms with Crippen molar-refractivity contribution in [3.63, 3.8) is 0 Å². The Morgan fingerprint density at radius 3 is 2.62 bits per heavy atom. The molecule has 2 aliphatic rings. The first-order valence-corrected chi connectivity index (χ1v) is 14.7. The number of cyclic esters (lactones) is 1. The van der Waals surface area contributed by atoms with Crippen molar-refractivity contribution in [1.82, 2.24) is 14.7 Å². The molecule has 1 aromatic heterocycles. The maximum Gasteiger partial charge on any atom is 0.475 e. The lowest BCUT2D eigenvalue weighted by atomic mass is 10.2. The fraction of sp³-hybridized carbons (Fsp3) is 0.379. The molecule has 0 radical (unpaired) electrons. The molecule has 5 rings (SSSR count). The molecule has 2 unspecified atom stereocenters. The molecule has 0 saturated carbocycles. The smallest absolute Gasteiger partial charge is 0.442 e. The second-order valence-electron chi connectivity index (χ2n) is 10.3. The van der Waals surface area contributed by atoms with E-state index in [0.717, 1.165) is 18.2 Å². The number of aromatic nitrogens is 2. The SMILES string of the molecule is CCOC(OCc1ccccc1)(OP=O)OC(=O)N(CC1CN(c2ccc(N3Cc4cn(C)nc4C3)c(F)c2)C(=O)O1)C(C)=O. The Morgan fingerprint density at radius 2 is 1.96 bits per heavy atom. The summed E-state index contributed by atoms with van der Waals surface area (Å²) in [5, 5.41) is 4.39. The highest BCUT2D eigenvalue weighted by molar-refractivity contribution is 7.17. The van der Waals surface area contributed by atoms with E-state index in [2.05, 4.69) is 5.10 Å². The van der Waals surface area contributed by atoms with E-state index in [4.69, 9.17) is 23.5 Å². The van der Waals surface area contributed by atoms with Gasteiger partial charge in [-0.2, -0.15) is 9.62 Å². The second kappa shape index (κ2) is 13.7. The van der Waals surface area contributed by atoms with Crippen LogP contribution in [0.25, 0.3) is 0 Å². The molecule has 0 bridgehead atoms. The molecule has 2 aromatic carbocycles. The molecule has 45 heavy (non-hydrogen) atoms. The number of fused-ring (bicyclic) bond motifs is 1. The number of rotatable bonds is 12. The summed E-state index contributed by atoms with van der Waals surface area (Å²) >= 11 is 0. The summed E-state index contributed by atoms with van der Waals surface area (Å²) in [5.74, 6) is -1.29. The van der Waals surface area contributed by atoms with E-state index >= 15 is 4.39 Å². The number of anilines is 2. The third-order valence-electron chi connectivity index (χ3n) is 7.08. The molecular formula is C29H31FN5O9P. The van der Waals surface area contributed by atoms with Crippen molar-refractivity contribution >= 4 is 38.2 Å². The molecule has 3 aromatic rings. The van der Waals surface area contributed by atoms with Crippen LogP contribution in [0, 0.1) is 5.82 Å². The Morgan fingerprint density at radius 1 is 1.18 bits per heavy atom. The maximum absolute atomic E-state index is 15.2. The third-order valence-corrected chi connectivity index (χ3v) is 7.38. The molecule has 2 aliphatic heterocycles. The van der Waals surface area contributed by atoms with Gasteiger partial charge in [-0.15, -0.1) is 0 Å². The van der Waals surface area contributed by atoms with Crippen molar-refractivity contribution in [1.29, 1.82) is 0 Å². The number of halogens is 1. The van der Waals surface area contributed by atoms with Gasteiger partial charge in [0.2, 0.25) is 5.91 Å². The Bertz CT molecular complexity index is 1550. The molecule has 16 heteroatoms. The summed E-state index contributed by atoms with van der Waals surface area (Å²) in [6.45, 7) is 2.89. The lowest BCUT2D eigenvalue weighted by molar-refractivity contribution is -0.452. The first kappa shape index (κ1) is 32.0. The number of amides is 3. The molecule has 0 spiro atoms. The summed E-state index contributed by atoms with van der Waals surface area (Å²) in [5.41, 5.74) is 3.16. The van der Waals surface area contributed by atoms with E-state index in [-0.39, 0.29) is 25.4 Å². The van der Waals surface area contributed by atoms with Gasteiger partial charge in [0.15, 0.2) is 0 Å². The Balaban J connectivity index is 1.24. The largest absolute Gasteiger partial charge is 0.475 e. The number of carbonyl (C=O) groups is 3. The highest BCUT2D eigenvalue weighted by Crippen LogP contribution is 2.33. The molecule has 3 amide bonds. The van der Waals surface area contributed by atoms with Crippen LogP contribution in [0.15, 0.2) is 54.7 Å². The average Bonchev–Trinajstić information content (AvgIpc) is 3.67. The number of nitrogens with zero attached hydrogens (tertiary/aromatic N) is 5. The van der Waals surface area contributed by atoms with E-state index in [1.807, 2.05) is 18.1 Å². The van der Waals surface area contributed by atoms with E-state index in [1.54, 1.807) is 54.1 Å². The van der Waals surface area contributed by atoms with Crippen LogP contribution in [0.4, 0.5) is 25.4 Å². The molecule has 0 aliphatic carbocycles. The Labute approximate surface area is 259 Å². The number of imide groups is 1. The molecule has 0 N–H and O–H groups in total. The first-order valence-electron chi connectivity index (χ1n) is 14.0. The number of ether oxygens (including phenoxy) is 4. The monoisotopic (exact) mass is 643 g/mol. The Hall–Kier alpha value is -4.43. The summed E-state index contributed by atoms with van der Waals surface area (Å²) in [7, 11) is 0.904. The lowest BCUT2D eigenvalue weighted by Gasteiger charge is -2.30. The van der Waals surface area contributed by atoms with Crippen LogP contribution in [0.2, 0.25) is 0 Å². The summed E-state index contributed by atoms with van der Waals surface area (Å²) in [6, 6.07) is 13.2. The van der Waals surface area contributed by atoms with Crippen LogP contribution in [-0.4, -0.2) is 64.7 Å². The normalized spacial score (nSPS) is 17.2. The second-order valence-corrected chi connectivity index (χ2v) is 10.6. The summed E-state index contributed by atoms with van der Waals surface area (Å²) in [6.07, 6.45) is -3.69. The maximum atomic E-state index is 15.2. The van der Waals surface area contributed by atoms with Crippen molar-refractivity contribution in [3.8, 4) is 0 Å².